The van der Waals surface area contributed by atoms with Crippen molar-refractivity contribution < 1.29 is 27.8 Å². The molecule has 0 heterocycles. The summed E-state index contributed by atoms with van der Waals surface area (Å²) in [5.74, 6) is 0.0931. The molecule has 0 fully saturated rings. The Labute approximate surface area is 149 Å². The fraction of sp³-hybridized carbons (Fsp3) is 0.263. The fourth-order valence-electron chi connectivity index (χ4n) is 2.31. The molecule has 0 saturated heterocycles. The van der Waals surface area contributed by atoms with Gasteiger partial charge >= 0.3 is 6.61 Å². The number of hydrogen-bond donors (Lipinski definition) is 1. The van der Waals surface area contributed by atoms with Gasteiger partial charge in [0.05, 0.1) is 12.8 Å². The molecule has 1 N–H and O–H groups in total. The minimum Gasteiger partial charge on any atom is -0.497 e. The monoisotopic (exact) mass is 363 g/mol. The third kappa shape index (κ3) is 5.84. The third-order valence-corrected chi connectivity index (χ3v) is 3.60. The number of ether oxygens (including phenoxy) is 2. The molecule has 0 spiro atoms. The second kappa shape index (κ2) is 9.50. The first-order valence-electron chi connectivity index (χ1n) is 8.00. The highest BCUT2D eigenvalue weighted by Crippen LogP contribution is 2.25. The Morgan fingerprint density at radius 1 is 1.04 bits per heavy atom. The Kier molecular flexibility index (Phi) is 7.08. The van der Waals surface area contributed by atoms with Gasteiger partial charge in [0.15, 0.2) is 5.78 Å². The summed E-state index contributed by atoms with van der Waals surface area (Å²) in [7, 11) is 1.54. The molecule has 0 aromatic heterocycles. The van der Waals surface area contributed by atoms with Crippen molar-refractivity contribution in [3.05, 3.63) is 54.1 Å². The molecular formula is C19H19F2NO4. The van der Waals surface area contributed by atoms with E-state index < -0.39 is 6.61 Å². The molecule has 0 aliphatic carbocycles. The number of Topliss-reactive ketones (excluding diaryl/α,β-unsaturated/α-hetero) is 1. The molecule has 0 unspecified atom stereocenters. The summed E-state index contributed by atoms with van der Waals surface area (Å²) in [5.41, 5.74) is 0.709. The Balaban J connectivity index is 1.82. The molecule has 0 atom stereocenters. The van der Waals surface area contributed by atoms with Crippen LogP contribution in [0.15, 0.2) is 48.5 Å². The number of para-hydroxylation sites is 2. The molecule has 0 saturated carbocycles. The first kappa shape index (κ1) is 19.4. The van der Waals surface area contributed by atoms with Crippen molar-refractivity contribution in [3.8, 4) is 11.5 Å². The second-order valence-corrected chi connectivity index (χ2v) is 5.43. The van der Waals surface area contributed by atoms with Crippen LogP contribution in [0.3, 0.4) is 0 Å². The van der Waals surface area contributed by atoms with Crippen LogP contribution < -0.4 is 14.8 Å². The number of hydrogen-bond acceptors (Lipinski definition) is 4. The molecule has 5 nitrogen and oxygen atoms in total. The number of methoxy groups -OCH3 is 1. The van der Waals surface area contributed by atoms with Crippen molar-refractivity contribution in [2.75, 3.05) is 12.4 Å². The summed E-state index contributed by atoms with van der Waals surface area (Å²) in [6.45, 7) is -2.98. The fourth-order valence-corrected chi connectivity index (χ4v) is 2.31. The largest absolute Gasteiger partial charge is 0.497 e. The van der Waals surface area contributed by atoms with Gasteiger partial charge in [-0.25, -0.2) is 0 Å². The zero-order valence-electron chi connectivity index (χ0n) is 14.2. The topological polar surface area (TPSA) is 64.6 Å². The number of alkyl halides is 2. The van der Waals surface area contributed by atoms with Crippen molar-refractivity contribution in [1.82, 2.24) is 0 Å². The van der Waals surface area contributed by atoms with Crippen LogP contribution >= 0.6 is 0 Å². The van der Waals surface area contributed by atoms with Crippen LogP contribution in [0.2, 0.25) is 0 Å². The number of anilines is 1. The number of nitrogens with one attached hydrogen (secondary N) is 1. The SMILES string of the molecule is COc1ccc(C(=O)CCCC(=O)Nc2ccccc2OC(F)F)cc1. The van der Waals surface area contributed by atoms with Crippen molar-refractivity contribution in [1.29, 1.82) is 0 Å². The van der Waals surface area contributed by atoms with Crippen molar-refractivity contribution in [3.63, 3.8) is 0 Å². The third-order valence-electron chi connectivity index (χ3n) is 3.60. The Hall–Kier alpha value is -2.96. The molecule has 2 aromatic carbocycles. The number of halogens is 2. The molecule has 2 aromatic rings. The summed E-state index contributed by atoms with van der Waals surface area (Å²) in [5, 5.41) is 2.52. The minimum absolute atomic E-state index is 0.0816. The van der Waals surface area contributed by atoms with Gasteiger partial charge in [0.1, 0.15) is 11.5 Å². The van der Waals surface area contributed by atoms with Crippen molar-refractivity contribution >= 4 is 17.4 Å². The highest BCUT2D eigenvalue weighted by atomic mass is 19.3. The standard InChI is InChI=1S/C19H19F2NO4/c1-25-14-11-9-13(10-12-14)16(23)6-4-8-18(24)22-15-5-2-3-7-17(15)26-19(20)21/h2-3,5,7,9-12,19H,4,6,8H2,1H3,(H,22,24). The maximum absolute atomic E-state index is 12.4. The number of benzene rings is 2. The molecule has 2 rings (SSSR count). The van der Waals surface area contributed by atoms with Gasteiger partial charge < -0.3 is 14.8 Å². The molecule has 0 aliphatic heterocycles. The van der Waals surface area contributed by atoms with E-state index in [1.165, 1.54) is 18.2 Å². The van der Waals surface area contributed by atoms with Crippen molar-refractivity contribution in [2.45, 2.75) is 25.9 Å². The predicted octanol–water partition coefficient (Wildman–Crippen LogP) is 4.29. The lowest BCUT2D eigenvalue weighted by atomic mass is 10.1. The number of amides is 1. The zero-order valence-corrected chi connectivity index (χ0v) is 14.2. The summed E-state index contributed by atoms with van der Waals surface area (Å²) < 4.78 is 34.1. The van der Waals surface area contributed by atoms with Crippen LogP contribution in [0.4, 0.5) is 14.5 Å². The normalized spacial score (nSPS) is 10.5. The summed E-state index contributed by atoms with van der Waals surface area (Å²) in [6.07, 6.45) is 0.633. The van der Waals surface area contributed by atoms with E-state index in [2.05, 4.69) is 10.1 Å². The Morgan fingerprint density at radius 2 is 1.73 bits per heavy atom. The van der Waals surface area contributed by atoms with Gasteiger partial charge in [-0.3, -0.25) is 9.59 Å². The van der Waals surface area contributed by atoms with E-state index in [1.807, 2.05) is 0 Å². The molecule has 7 heteroatoms. The zero-order chi connectivity index (χ0) is 18.9. The Morgan fingerprint density at radius 3 is 2.38 bits per heavy atom. The maximum Gasteiger partial charge on any atom is 0.387 e. The molecule has 26 heavy (non-hydrogen) atoms. The molecule has 0 aliphatic rings. The number of carbonyl (C=O) groups excluding carboxylic acids is 2. The highest BCUT2D eigenvalue weighted by Gasteiger charge is 2.12. The van der Waals surface area contributed by atoms with Crippen LogP contribution in [-0.2, 0) is 4.79 Å². The molecule has 0 radical (unpaired) electrons. The van der Waals surface area contributed by atoms with Gasteiger partial charge in [-0.05, 0) is 42.8 Å². The van der Waals surface area contributed by atoms with Gasteiger partial charge in [0.25, 0.3) is 0 Å². The van der Waals surface area contributed by atoms with Crippen molar-refractivity contribution in [2.24, 2.45) is 0 Å². The van der Waals surface area contributed by atoms with E-state index in [1.54, 1.807) is 37.4 Å². The maximum atomic E-state index is 12.4. The van der Waals surface area contributed by atoms with Gasteiger partial charge in [0, 0.05) is 18.4 Å². The number of ketones is 1. The lowest BCUT2D eigenvalue weighted by Gasteiger charge is -2.11. The first-order chi connectivity index (χ1) is 12.5. The average molecular weight is 363 g/mol. The summed E-state index contributed by atoms with van der Waals surface area (Å²) >= 11 is 0. The van der Waals surface area contributed by atoms with E-state index in [0.29, 0.717) is 17.7 Å². The lowest BCUT2D eigenvalue weighted by Crippen LogP contribution is -2.14. The predicted molar refractivity (Wildman–Crippen MR) is 92.9 cm³/mol. The molecule has 0 bridgehead atoms. The first-order valence-corrected chi connectivity index (χ1v) is 8.00. The minimum atomic E-state index is -2.98. The van der Waals surface area contributed by atoms with E-state index in [9.17, 15) is 18.4 Å². The van der Waals surface area contributed by atoms with E-state index in [-0.39, 0.29) is 36.0 Å². The Bertz CT molecular complexity index is 747. The van der Waals surface area contributed by atoms with Crippen LogP contribution in [0.25, 0.3) is 0 Å². The molecule has 1 amide bonds. The van der Waals surface area contributed by atoms with Gasteiger partial charge in [-0.2, -0.15) is 8.78 Å². The number of rotatable bonds is 9. The van der Waals surface area contributed by atoms with E-state index >= 15 is 0 Å². The summed E-state index contributed by atoms with van der Waals surface area (Å²) in [6, 6.07) is 12.7. The molecule has 138 valence electrons. The second-order valence-electron chi connectivity index (χ2n) is 5.43. The lowest BCUT2D eigenvalue weighted by molar-refractivity contribution is -0.116. The van der Waals surface area contributed by atoms with Gasteiger partial charge in [-0.15, -0.1) is 0 Å². The van der Waals surface area contributed by atoms with Crippen LogP contribution in [0.1, 0.15) is 29.6 Å². The van der Waals surface area contributed by atoms with Crippen LogP contribution in [-0.4, -0.2) is 25.4 Å². The smallest absolute Gasteiger partial charge is 0.387 e. The highest BCUT2D eigenvalue weighted by molar-refractivity contribution is 5.97. The van der Waals surface area contributed by atoms with E-state index in [4.69, 9.17) is 4.74 Å². The summed E-state index contributed by atoms with van der Waals surface area (Å²) in [4.78, 5) is 24.1. The van der Waals surface area contributed by atoms with Crippen LogP contribution in [0.5, 0.6) is 11.5 Å². The van der Waals surface area contributed by atoms with E-state index in [0.717, 1.165) is 0 Å². The molecular weight excluding hydrogens is 344 g/mol. The quantitative estimate of drug-likeness (QED) is 0.675. The van der Waals surface area contributed by atoms with Crippen LogP contribution in [0, 0.1) is 0 Å². The van der Waals surface area contributed by atoms with Gasteiger partial charge in [0.2, 0.25) is 5.91 Å². The average Bonchev–Trinajstić information content (AvgIpc) is 2.63. The number of carbonyl (C=O) groups is 2. The van der Waals surface area contributed by atoms with Gasteiger partial charge in [-0.1, -0.05) is 12.1 Å².